The van der Waals surface area contributed by atoms with Gasteiger partial charge in [0.1, 0.15) is 12.1 Å². The van der Waals surface area contributed by atoms with Crippen LogP contribution in [0.4, 0.5) is 16.1 Å². The predicted octanol–water partition coefficient (Wildman–Crippen LogP) is 3.25. The lowest BCUT2D eigenvalue weighted by atomic mass is 10.2. The van der Waals surface area contributed by atoms with Crippen molar-refractivity contribution in [2.24, 2.45) is 5.92 Å². The first-order valence-corrected chi connectivity index (χ1v) is 7.34. The van der Waals surface area contributed by atoms with Gasteiger partial charge < -0.3 is 9.73 Å². The summed E-state index contributed by atoms with van der Waals surface area (Å²) < 4.78 is 19.0. The van der Waals surface area contributed by atoms with E-state index in [9.17, 15) is 4.39 Å². The molecule has 0 unspecified atom stereocenters. The Kier molecular flexibility index (Phi) is 3.92. The number of halogens is 1. The summed E-state index contributed by atoms with van der Waals surface area (Å²) in [6, 6.07) is 5.42. The molecule has 2 heterocycles. The second kappa shape index (κ2) is 5.85. The predicted molar refractivity (Wildman–Crippen MR) is 80.2 cm³/mol. The Morgan fingerprint density at radius 2 is 2.29 bits per heavy atom. The molecule has 0 radical (unpaired) electrons. The monoisotopic (exact) mass is 289 g/mol. The summed E-state index contributed by atoms with van der Waals surface area (Å²) in [5, 5.41) is 3.33. The van der Waals surface area contributed by atoms with E-state index in [2.05, 4.69) is 24.1 Å². The average Bonchev–Trinajstić information content (AvgIpc) is 3.04. The number of fused-ring (bicyclic) bond motifs is 1. The minimum Gasteiger partial charge on any atom is -0.431 e. The van der Waals surface area contributed by atoms with Crippen molar-refractivity contribution in [2.45, 2.75) is 26.8 Å². The van der Waals surface area contributed by atoms with Gasteiger partial charge in [-0.15, -0.1) is 0 Å². The molecule has 0 fully saturated rings. The molecule has 1 aliphatic rings. The fraction of sp³-hybridized carbons (Fsp3) is 0.438. The highest BCUT2D eigenvalue weighted by Gasteiger charge is 2.24. The molecule has 3 rings (SSSR count). The zero-order valence-corrected chi connectivity index (χ0v) is 12.4. The lowest BCUT2D eigenvalue weighted by molar-refractivity contribution is 0.539. The molecule has 1 aliphatic heterocycles. The molecular formula is C16H20FN3O. The number of oxazole rings is 1. The van der Waals surface area contributed by atoms with Gasteiger partial charge in [-0.2, -0.15) is 4.98 Å². The second-order valence-electron chi connectivity index (χ2n) is 5.82. The summed E-state index contributed by atoms with van der Waals surface area (Å²) in [6.07, 6.45) is 2.55. The SMILES string of the molecule is CC(C)CNCc1coc(N2CCc3ccc(F)cc32)n1. The van der Waals surface area contributed by atoms with Crippen molar-refractivity contribution in [3.8, 4) is 0 Å². The van der Waals surface area contributed by atoms with E-state index in [-0.39, 0.29) is 5.82 Å². The number of benzene rings is 1. The highest BCUT2D eigenvalue weighted by molar-refractivity contribution is 5.65. The van der Waals surface area contributed by atoms with Crippen LogP contribution in [-0.2, 0) is 13.0 Å². The van der Waals surface area contributed by atoms with Crippen LogP contribution in [0.25, 0.3) is 0 Å². The van der Waals surface area contributed by atoms with Gasteiger partial charge in [0.2, 0.25) is 0 Å². The standard InChI is InChI=1S/C16H20FN3O/c1-11(2)8-18-9-14-10-21-16(19-14)20-6-5-12-3-4-13(17)7-15(12)20/h3-4,7,10-11,18H,5-6,8-9H2,1-2H3. The Morgan fingerprint density at radius 3 is 3.10 bits per heavy atom. The number of aromatic nitrogens is 1. The Labute approximate surface area is 124 Å². The quantitative estimate of drug-likeness (QED) is 0.917. The highest BCUT2D eigenvalue weighted by Crippen LogP contribution is 2.34. The molecule has 5 heteroatoms. The molecule has 0 atom stereocenters. The summed E-state index contributed by atoms with van der Waals surface area (Å²) >= 11 is 0. The number of hydrogen-bond acceptors (Lipinski definition) is 4. The van der Waals surface area contributed by atoms with Crippen LogP contribution in [-0.4, -0.2) is 18.1 Å². The van der Waals surface area contributed by atoms with Crippen LogP contribution in [0.2, 0.25) is 0 Å². The van der Waals surface area contributed by atoms with Gasteiger partial charge in [0, 0.05) is 13.1 Å². The summed E-state index contributed by atoms with van der Waals surface area (Å²) in [5.41, 5.74) is 2.86. The molecule has 0 aliphatic carbocycles. The summed E-state index contributed by atoms with van der Waals surface area (Å²) in [4.78, 5) is 6.43. The van der Waals surface area contributed by atoms with Gasteiger partial charge in [-0.25, -0.2) is 4.39 Å². The maximum Gasteiger partial charge on any atom is 0.302 e. The normalized spacial score (nSPS) is 14.0. The molecule has 21 heavy (non-hydrogen) atoms. The Bertz CT molecular complexity index is 624. The fourth-order valence-corrected chi connectivity index (χ4v) is 2.54. The van der Waals surface area contributed by atoms with Crippen molar-refractivity contribution >= 4 is 11.7 Å². The van der Waals surface area contributed by atoms with Crippen LogP contribution in [0.1, 0.15) is 25.1 Å². The number of nitrogens with zero attached hydrogens (tertiary/aromatic N) is 2. The lowest BCUT2D eigenvalue weighted by Crippen LogP contribution is -2.19. The van der Waals surface area contributed by atoms with E-state index in [4.69, 9.17) is 4.42 Å². The molecule has 0 saturated carbocycles. The largest absolute Gasteiger partial charge is 0.431 e. The molecular weight excluding hydrogens is 269 g/mol. The van der Waals surface area contributed by atoms with E-state index < -0.39 is 0 Å². The van der Waals surface area contributed by atoms with Crippen LogP contribution in [0.3, 0.4) is 0 Å². The van der Waals surface area contributed by atoms with Crippen molar-refractivity contribution in [1.82, 2.24) is 10.3 Å². The third-order valence-corrected chi connectivity index (χ3v) is 3.57. The molecule has 112 valence electrons. The van der Waals surface area contributed by atoms with Gasteiger partial charge in [0.25, 0.3) is 0 Å². The number of anilines is 2. The zero-order valence-electron chi connectivity index (χ0n) is 12.4. The number of hydrogen-bond donors (Lipinski definition) is 1. The molecule has 1 aromatic heterocycles. The van der Waals surface area contributed by atoms with Crippen molar-refractivity contribution in [1.29, 1.82) is 0 Å². The molecule has 4 nitrogen and oxygen atoms in total. The Balaban J connectivity index is 1.72. The van der Waals surface area contributed by atoms with Crippen molar-refractivity contribution in [2.75, 3.05) is 18.0 Å². The van der Waals surface area contributed by atoms with Crippen LogP contribution in [0.15, 0.2) is 28.9 Å². The van der Waals surface area contributed by atoms with Gasteiger partial charge in [-0.05, 0) is 36.6 Å². The van der Waals surface area contributed by atoms with E-state index >= 15 is 0 Å². The fourth-order valence-electron chi connectivity index (χ4n) is 2.54. The zero-order chi connectivity index (χ0) is 14.8. The molecule has 0 amide bonds. The van der Waals surface area contributed by atoms with Gasteiger partial charge >= 0.3 is 6.01 Å². The molecule has 0 saturated heterocycles. The van der Waals surface area contributed by atoms with Crippen molar-refractivity contribution in [3.63, 3.8) is 0 Å². The van der Waals surface area contributed by atoms with E-state index in [1.54, 1.807) is 12.3 Å². The second-order valence-corrected chi connectivity index (χ2v) is 5.82. The van der Waals surface area contributed by atoms with Crippen LogP contribution in [0.5, 0.6) is 0 Å². The van der Waals surface area contributed by atoms with E-state index in [1.807, 2.05) is 11.0 Å². The Morgan fingerprint density at radius 1 is 1.43 bits per heavy atom. The third kappa shape index (κ3) is 3.08. The Hall–Kier alpha value is -1.88. The van der Waals surface area contributed by atoms with E-state index in [1.165, 1.54) is 6.07 Å². The first-order chi connectivity index (χ1) is 10.1. The van der Waals surface area contributed by atoms with Crippen LogP contribution >= 0.6 is 0 Å². The smallest absolute Gasteiger partial charge is 0.302 e. The number of nitrogens with one attached hydrogen (secondary N) is 1. The van der Waals surface area contributed by atoms with Crippen LogP contribution < -0.4 is 10.2 Å². The first-order valence-electron chi connectivity index (χ1n) is 7.34. The van der Waals surface area contributed by atoms with Gasteiger partial charge in [0.05, 0.1) is 11.4 Å². The minimum absolute atomic E-state index is 0.231. The summed E-state index contributed by atoms with van der Waals surface area (Å²) in [6.45, 7) is 6.73. The summed E-state index contributed by atoms with van der Waals surface area (Å²) in [7, 11) is 0. The molecule has 0 bridgehead atoms. The van der Waals surface area contributed by atoms with Gasteiger partial charge in [0.15, 0.2) is 0 Å². The minimum atomic E-state index is -0.231. The number of rotatable bonds is 5. The maximum atomic E-state index is 13.4. The van der Waals surface area contributed by atoms with E-state index in [0.717, 1.165) is 36.5 Å². The van der Waals surface area contributed by atoms with Gasteiger partial charge in [-0.1, -0.05) is 19.9 Å². The third-order valence-electron chi connectivity index (χ3n) is 3.57. The molecule has 0 spiro atoms. The maximum absolute atomic E-state index is 13.4. The van der Waals surface area contributed by atoms with Crippen molar-refractivity contribution < 1.29 is 8.81 Å². The topological polar surface area (TPSA) is 41.3 Å². The molecule has 1 N–H and O–H groups in total. The lowest BCUT2D eigenvalue weighted by Gasteiger charge is -2.14. The molecule has 1 aromatic carbocycles. The molecule has 2 aromatic rings. The average molecular weight is 289 g/mol. The highest BCUT2D eigenvalue weighted by atomic mass is 19.1. The van der Waals surface area contributed by atoms with E-state index in [0.29, 0.717) is 18.5 Å². The first kappa shape index (κ1) is 14.1. The van der Waals surface area contributed by atoms with Gasteiger partial charge in [-0.3, -0.25) is 4.90 Å². The summed E-state index contributed by atoms with van der Waals surface area (Å²) in [5.74, 6) is 0.371. The van der Waals surface area contributed by atoms with Crippen molar-refractivity contribution in [3.05, 3.63) is 41.5 Å². The van der Waals surface area contributed by atoms with Crippen LogP contribution in [0, 0.1) is 11.7 Å².